The number of likely N-dealkylation sites (N-methyl/N-ethyl adjacent to an activating group) is 1. The summed E-state index contributed by atoms with van der Waals surface area (Å²) in [6.07, 6.45) is 10.0. The minimum absolute atomic E-state index is 0.182. The third-order valence-corrected chi connectivity index (χ3v) is 6.45. The number of aliphatic carboxylic acids is 1. The molecule has 3 rings (SSSR count). The molecule has 0 unspecified atom stereocenters. The van der Waals surface area contributed by atoms with Gasteiger partial charge in [-0.3, -0.25) is 9.69 Å². The first-order valence-corrected chi connectivity index (χ1v) is 9.40. The van der Waals surface area contributed by atoms with Crippen molar-refractivity contribution < 1.29 is 14.6 Å². The first-order chi connectivity index (χ1) is 11.1. The molecule has 0 radical (unpaired) electrons. The SMILES string of the molecule is CCN(CC(=O)O)C1CC(NC2CCC3(CCOCC3)CC2)C1. The zero-order valence-corrected chi connectivity index (χ0v) is 14.4. The summed E-state index contributed by atoms with van der Waals surface area (Å²) in [5, 5.41) is 12.8. The molecule has 0 aromatic carbocycles. The molecule has 2 saturated carbocycles. The summed E-state index contributed by atoms with van der Waals surface area (Å²) >= 11 is 0. The number of hydrogen-bond acceptors (Lipinski definition) is 4. The van der Waals surface area contributed by atoms with Gasteiger partial charge in [-0.15, -0.1) is 0 Å². The molecule has 0 aromatic rings. The van der Waals surface area contributed by atoms with Crippen LogP contribution in [0.15, 0.2) is 0 Å². The van der Waals surface area contributed by atoms with Crippen molar-refractivity contribution in [2.75, 3.05) is 26.3 Å². The molecule has 2 N–H and O–H groups in total. The molecule has 0 atom stereocenters. The third-order valence-electron chi connectivity index (χ3n) is 6.45. The van der Waals surface area contributed by atoms with Gasteiger partial charge in [0.15, 0.2) is 0 Å². The summed E-state index contributed by atoms with van der Waals surface area (Å²) in [5.41, 5.74) is 0.582. The van der Waals surface area contributed by atoms with Gasteiger partial charge in [0.05, 0.1) is 6.54 Å². The fourth-order valence-electron chi connectivity index (χ4n) is 4.73. The Kier molecular flexibility index (Phi) is 5.60. The van der Waals surface area contributed by atoms with Crippen LogP contribution in [0.3, 0.4) is 0 Å². The Morgan fingerprint density at radius 3 is 2.39 bits per heavy atom. The molecule has 0 amide bonds. The lowest BCUT2D eigenvalue weighted by Gasteiger charge is -2.47. The van der Waals surface area contributed by atoms with Gasteiger partial charge < -0.3 is 15.2 Å². The van der Waals surface area contributed by atoms with E-state index < -0.39 is 5.97 Å². The third kappa shape index (κ3) is 4.25. The lowest BCUT2D eigenvalue weighted by atomic mass is 9.67. The number of nitrogens with zero attached hydrogens (tertiary/aromatic N) is 1. The van der Waals surface area contributed by atoms with E-state index in [2.05, 4.69) is 17.1 Å². The van der Waals surface area contributed by atoms with Gasteiger partial charge in [-0.25, -0.2) is 0 Å². The number of nitrogens with one attached hydrogen (secondary N) is 1. The van der Waals surface area contributed by atoms with E-state index >= 15 is 0 Å². The van der Waals surface area contributed by atoms with Crippen molar-refractivity contribution in [3.8, 4) is 0 Å². The summed E-state index contributed by atoms with van der Waals surface area (Å²) in [6, 6.07) is 1.72. The normalized spacial score (nSPS) is 31.2. The quantitative estimate of drug-likeness (QED) is 0.785. The Morgan fingerprint density at radius 2 is 1.83 bits per heavy atom. The van der Waals surface area contributed by atoms with Gasteiger partial charge >= 0.3 is 5.97 Å². The average molecular weight is 324 g/mol. The average Bonchev–Trinajstić information content (AvgIpc) is 2.51. The van der Waals surface area contributed by atoms with Crippen LogP contribution in [0, 0.1) is 5.41 Å². The van der Waals surface area contributed by atoms with Crippen LogP contribution in [0.5, 0.6) is 0 Å². The Labute approximate surface area is 139 Å². The Bertz CT molecular complexity index is 393. The lowest BCUT2D eigenvalue weighted by Crippen LogP contribution is -2.56. The van der Waals surface area contributed by atoms with E-state index in [-0.39, 0.29) is 6.54 Å². The fraction of sp³-hybridized carbons (Fsp3) is 0.944. The highest BCUT2D eigenvalue weighted by Crippen LogP contribution is 2.44. The zero-order chi connectivity index (χ0) is 16.3. The highest BCUT2D eigenvalue weighted by molar-refractivity contribution is 5.69. The van der Waals surface area contributed by atoms with Crippen LogP contribution in [0.25, 0.3) is 0 Å². The van der Waals surface area contributed by atoms with Crippen molar-refractivity contribution in [1.82, 2.24) is 10.2 Å². The fourth-order valence-corrected chi connectivity index (χ4v) is 4.73. The van der Waals surface area contributed by atoms with E-state index in [1.54, 1.807) is 0 Å². The number of carbonyl (C=O) groups is 1. The molecule has 3 fully saturated rings. The minimum Gasteiger partial charge on any atom is -0.480 e. The molecule has 1 saturated heterocycles. The van der Waals surface area contributed by atoms with Gasteiger partial charge in [-0.2, -0.15) is 0 Å². The van der Waals surface area contributed by atoms with Gasteiger partial charge in [-0.1, -0.05) is 6.92 Å². The number of carboxylic acid groups (broad SMARTS) is 1. The van der Waals surface area contributed by atoms with Crippen LogP contribution < -0.4 is 5.32 Å². The molecular formula is C18H32N2O3. The van der Waals surface area contributed by atoms with Crippen molar-refractivity contribution in [1.29, 1.82) is 0 Å². The topological polar surface area (TPSA) is 61.8 Å². The molecule has 1 aliphatic heterocycles. The second-order valence-corrected chi connectivity index (χ2v) is 7.83. The highest BCUT2D eigenvalue weighted by Gasteiger charge is 2.39. The van der Waals surface area contributed by atoms with Crippen molar-refractivity contribution in [3.05, 3.63) is 0 Å². The van der Waals surface area contributed by atoms with Crippen LogP contribution in [-0.2, 0) is 9.53 Å². The Morgan fingerprint density at radius 1 is 1.17 bits per heavy atom. The van der Waals surface area contributed by atoms with E-state index in [9.17, 15) is 4.79 Å². The van der Waals surface area contributed by atoms with Gasteiger partial charge in [0, 0.05) is 31.3 Å². The van der Waals surface area contributed by atoms with Crippen LogP contribution >= 0.6 is 0 Å². The van der Waals surface area contributed by atoms with Gasteiger partial charge in [0.2, 0.25) is 0 Å². The summed E-state index contributed by atoms with van der Waals surface area (Å²) in [4.78, 5) is 13.0. The smallest absolute Gasteiger partial charge is 0.317 e. The number of carboxylic acids is 1. The summed E-state index contributed by atoms with van der Waals surface area (Å²) in [7, 11) is 0. The summed E-state index contributed by atoms with van der Waals surface area (Å²) < 4.78 is 5.53. The molecule has 132 valence electrons. The minimum atomic E-state index is -0.711. The molecule has 0 bridgehead atoms. The Balaban J connectivity index is 1.37. The first kappa shape index (κ1) is 17.2. The predicted octanol–water partition coefficient (Wildman–Crippen LogP) is 2.25. The molecule has 3 aliphatic rings. The number of hydrogen-bond donors (Lipinski definition) is 2. The number of ether oxygens (including phenoxy) is 1. The standard InChI is InChI=1S/C18H32N2O3/c1-2-20(13-17(21)22)16-11-15(12-16)19-14-3-5-18(6-4-14)7-9-23-10-8-18/h14-16,19H,2-13H2,1H3,(H,21,22). The van der Waals surface area contributed by atoms with E-state index in [1.165, 1.54) is 38.5 Å². The van der Waals surface area contributed by atoms with E-state index in [1.807, 2.05) is 0 Å². The maximum absolute atomic E-state index is 10.9. The largest absolute Gasteiger partial charge is 0.480 e. The van der Waals surface area contributed by atoms with Crippen molar-refractivity contribution >= 4 is 5.97 Å². The maximum Gasteiger partial charge on any atom is 0.317 e. The van der Waals surface area contributed by atoms with E-state index in [0.29, 0.717) is 23.5 Å². The molecule has 1 spiro atoms. The molecule has 23 heavy (non-hydrogen) atoms. The second-order valence-electron chi connectivity index (χ2n) is 7.83. The summed E-state index contributed by atoms with van der Waals surface area (Å²) in [6.45, 7) is 4.98. The van der Waals surface area contributed by atoms with E-state index in [4.69, 9.17) is 9.84 Å². The molecule has 5 heteroatoms. The monoisotopic (exact) mass is 324 g/mol. The van der Waals surface area contributed by atoms with Crippen molar-refractivity contribution in [2.24, 2.45) is 5.41 Å². The van der Waals surface area contributed by atoms with Gasteiger partial charge in [0.1, 0.15) is 0 Å². The van der Waals surface area contributed by atoms with Crippen LogP contribution in [0.4, 0.5) is 0 Å². The van der Waals surface area contributed by atoms with Crippen LogP contribution in [0.2, 0.25) is 0 Å². The molecule has 1 heterocycles. The van der Waals surface area contributed by atoms with Crippen molar-refractivity contribution in [2.45, 2.75) is 76.4 Å². The zero-order valence-electron chi connectivity index (χ0n) is 14.4. The van der Waals surface area contributed by atoms with Gasteiger partial charge in [0.25, 0.3) is 0 Å². The van der Waals surface area contributed by atoms with E-state index in [0.717, 1.165) is 32.6 Å². The highest BCUT2D eigenvalue weighted by atomic mass is 16.5. The van der Waals surface area contributed by atoms with Crippen LogP contribution in [-0.4, -0.2) is 60.4 Å². The Hall–Kier alpha value is -0.650. The summed E-state index contributed by atoms with van der Waals surface area (Å²) in [5.74, 6) is -0.711. The predicted molar refractivity (Wildman–Crippen MR) is 89.6 cm³/mol. The second kappa shape index (κ2) is 7.49. The molecular weight excluding hydrogens is 292 g/mol. The van der Waals surface area contributed by atoms with Crippen LogP contribution in [0.1, 0.15) is 58.3 Å². The first-order valence-electron chi connectivity index (χ1n) is 9.40. The lowest BCUT2D eigenvalue weighted by molar-refractivity contribution is -0.139. The molecule has 2 aliphatic carbocycles. The van der Waals surface area contributed by atoms with Gasteiger partial charge in [-0.05, 0) is 63.3 Å². The van der Waals surface area contributed by atoms with Crippen molar-refractivity contribution in [3.63, 3.8) is 0 Å². The maximum atomic E-state index is 10.9. The number of rotatable bonds is 6. The molecule has 0 aromatic heterocycles. The molecule has 5 nitrogen and oxygen atoms in total.